The minimum Gasteiger partial charge on any atom is -0.465 e. The van der Waals surface area contributed by atoms with Gasteiger partial charge in [-0.15, -0.1) is 0 Å². The highest BCUT2D eigenvalue weighted by molar-refractivity contribution is 7.02. The summed E-state index contributed by atoms with van der Waals surface area (Å²) in [4.78, 5) is 20.4. The predicted molar refractivity (Wildman–Crippen MR) is 44.8 cm³/mol. The third kappa shape index (κ3) is 2.28. The monoisotopic (exact) mass is 204 g/mol. The first kappa shape index (κ1) is 9.72. The average molecular weight is 204 g/mol. The molecule has 7 heteroatoms. The number of nitrogens with one attached hydrogen (secondary N) is 1. The normalized spacial score (nSPS) is 11.2. The lowest BCUT2D eigenvalue weighted by atomic mass is 10.1. The van der Waals surface area contributed by atoms with Crippen LogP contribution in [0, 0.1) is 0 Å². The van der Waals surface area contributed by atoms with Crippen LogP contribution in [0.2, 0.25) is 0 Å². The van der Waals surface area contributed by atoms with Crippen molar-refractivity contribution in [2.75, 3.05) is 0 Å². The van der Waals surface area contributed by atoms with Gasteiger partial charge in [0.2, 0.25) is 5.89 Å². The van der Waals surface area contributed by atoms with Gasteiger partial charge in [-0.05, 0) is 13.8 Å². The summed E-state index contributed by atoms with van der Waals surface area (Å²) in [5, 5.41) is 10.6. The van der Waals surface area contributed by atoms with Gasteiger partial charge in [-0.1, -0.05) is 0 Å². The Labute approximate surface area is 77.4 Å². The fraction of sp³-hybridized carbons (Fsp3) is 0.500. The Morgan fingerprint density at radius 1 is 1.69 bits per heavy atom. The van der Waals surface area contributed by atoms with Gasteiger partial charge in [-0.3, -0.25) is 0 Å². The van der Waals surface area contributed by atoms with Gasteiger partial charge in [0.15, 0.2) is 0 Å². The van der Waals surface area contributed by atoms with E-state index in [0.29, 0.717) is 11.5 Å². The summed E-state index contributed by atoms with van der Waals surface area (Å²) in [5.74, 6) is 0.0740. The molecule has 2 N–H and O–H groups in total. The number of aromatic nitrogens is 1. The second-order valence-corrected chi connectivity index (χ2v) is 3.59. The predicted octanol–water partition coefficient (Wildman–Crippen LogP) is 0.599. The summed E-state index contributed by atoms with van der Waals surface area (Å²) in [6, 6.07) is 0. The van der Waals surface area contributed by atoms with Crippen LogP contribution in [0.25, 0.3) is 0 Å². The lowest BCUT2D eigenvalue weighted by Gasteiger charge is -2.19. The fourth-order valence-electron chi connectivity index (χ4n) is 0.757. The van der Waals surface area contributed by atoms with Gasteiger partial charge < -0.3 is 14.8 Å². The van der Waals surface area contributed by atoms with Crippen LogP contribution >= 0.6 is 11.5 Å². The van der Waals surface area contributed by atoms with Gasteiger partial charge in [-0.25, -0.2) is 9.59 Å². The van der Waals surface area contributed by atoms with E-state index in [9.17, 15) is 9.59 Å². The topological polar surface area (TPSA) is 92.4 Å². The second kappa shape index (κ2) is 3.17. The van der Waals surface area contributed by atoms with Gasteiger partial charge in [0, 0.05) is 11.5 Å². The summed E-state index contributed by atoms with van der Waals surface area (Å²) in [6.45, 7) is 3.11. The molecule has 0 fully saturated rings. The molecule has 0 unspecified atom stereocenters. The molecule has 0 aromatic carbocycles. The maximum absolute atomic E-state index is 10.6. The highest BCUT2D eigenvalue weighted by atomic mass is 32.1. The molecule has 0 atom stereocenters. The summed E-state index contributed by atoms with van der Waals surface area (Å²) >= 11 is 0.653. The van der Waals surface area contributed by atoms with E-state index in [2.05, 4.69) is 14.1 Å². The number of hydrogen-bond donors (Lipinski definition) is 2. The van der Waals surface area contributed by atoms with E-state index >= 15 is 0 Å². The molecule has 0 saturated heterocycles. The first-order chi connectivity index (χ1) is 5.92. The zero-order valence-electron chi connectivity index (χ0n) is 7.03. The smallest absolute Gasteiger partial charge is 0.414 e. The van der Waals surface area contributed by atoms with Crippen LogP contribution in [0.5, 0.6) is 0 Å². The molecule has 0 radical (unpaired) electrons. The van der Waals surface area contributed by atoms with E-state index in [4.69, 9.17) is 5.11 Å². The van der Waals surface area contributed by atoms with Crippen LogP contribution in [-0.4, -0.2) is 15.6 Å². The summed E-state index contributed by atoms with van der Waals surface area (Å²) in [5.41, 5.74) is -0.981. The highest BCUT2D eigenvalue weighted by Gasteiger charge is 2.28. The van der Waals surface area contributed by atoms with Crippen molar-refractivity contribution in [1.29, 1.82) is 0 Å². The Hall–Kier alpha value is -1.37. The molecule has 1 aromatic rings. The maximum Gasteiger partial charge on any atom is 0.414 e. The quantitative estimate of drug-likeness (QED) is 0.735. The van der Waals surface area contributed by atoms with Crippen molar-refractivity contribution in [3.8, 4) is 0 Å². The van der Waals surface area contributed by atoms with Crippen LogP contribution in [0.1, 0.15) is 19.7 Å². The molecule has 0 spiro atoms. The van der Waals surface area contributed by atoms with Crippen LogP contribution in [0.3, 0.4) is 0 Å². The van der Waals surface area contributed by atoms with Crippen LogP contribution in [0.15, 0.2) is 9.21 Å². The molecule has 72 valence electrons. The third-order valence-corrected chi connectivity index (χ3v) is 1.83. The van der Waals surface area contributed by atoms with E-state index in [1.165, 1.54) is 0 Å². The first-order valence-electron chi connectivity index (χ1n) is 3.40. The second-order valence-electron chi connectivity index (χ2n) is 2.89. The molecular weight excluding hydrogens is 196 g/mol. The molecule has 1 heterocycles. The molecular formula is C6H8N2O4S. The molecule has 1 amide bonds. The lowest BCUT2D eigenvalue weighted by Crippen LogP contribution is -2.40. The number of hydrogen-bond acceptors (Lipinski definition) is 5. The van der Waals surface area contributed by atoms with Gasteiger partial charge in [-0.2, -0.15) is 4.37 Å². The van der Waals surface area contributed by atoms with Crippen molar-refractivity contribution < 1.29 is 14.3 Å². The van der Waals surface area contributed by atoms with Gasteiger partial charge >= 0.3 is 11.0 Å². The van der Waals surface area contributed by atoms with Crippen LogP contribution in [-0.2, 0) is 5.54 Å². The summed E-state index contributed by atoms with van der Waals surface area (Å²) in [7, 11) is 0. The minimum atomic E-state index is -1.19. The number of nitrogens with zero attached hydrogens (tertiary/aromatic N) is 1. The first-order valence-corrected chi connectivity index (χ1v) is 4.17. The number of carbonyl (C=O) groups is 1. The standard InChI is InChI=1S/C6H8N2O4S/c1-6(2,7-4(9)10)3-8-13-5(11)12-3/h7H,1-2H3,(H,9,10). The SMILES string of the molecule is CC(C)(NC(=O)O)c1nsc(=O)o1. The lowest BCUT2D eigenvalue weighted by molar-refractivity contribution is 0.176. The summed E-state index contributed by atoms with van der Waals surface area (Å²) < 4.78 is 8.35. The maximum atomic E-state index is 10.6. The van der Waals surface area contributed by atoms with E-state index in [1.807, 2.05) is 0 Å². The Balaban J connectivity index is 2.92. The molecule has 0 bridgehead atoms. The Bertz CT molecular complexity index is 367. The Morgan fingerprint density at radius 2 is 2.31 bits per heavy atom. The van der Waals surface area contributed by atoms with Crippen molar-refractivity contribution in [1.82, 2.24) is 9.69 Å². The van der Waals surface area contributed by atoms with Gasteiger partial charge in [0.25, 0.3) is 0 Å². The molecule has 1 rings (SSSR count). The number of carboxylic acid groups (broad SMARTS) is 1. The Kier molecular flexibility index (Phi) is 2.37. The van der Waals surface area contributed by atoms with Crippen molar-refractivity contribution in [3.05, 3.63) is 15.6 Å². The zero-order chi connectivity index (χ0) is 10.1. The van der Waals surface area contributed by atoms with Crippen molar-refractivity contribution in [2.24, 2.45) is 0 Å². The number of rotatable bonds is 2. The van der Waals surface area contributed by atoms with E-state index < -0.39 is 16.6 Å². The van der Waals surface area contributed by atoms with E-state index in [0.717, 1.165) is 0 Å². The Morgan fingerprint density at radius 3 is 2.69 bits per heavy atom. The minimum absolute atomic E-state index is 0.0740. The van der Waals surface area contributed by atoms with Crippen molar-refractivity contribution >= 4 is 17.6 Å². The van der Waals surface area contributed by atoms with Gasteiger partial charge in [0.05, 0.1) is 0 Å². The molecule has 0 aliphatic rings. The van der Waals surface area contributed by atoms with E-state index in [1.54, 1.807) is 13.8 Å². The van der Waals surface area contributed by atoms with Gasteiger partial charge in [0.1, 0.15) is 5.54 Å². The summed E-state index contributed by atoms with van der Waals surface area (Å²) in [6.07, 6.45) is -1.19. The van der Waals surface area contributed by atoms with Crippen LogP contribution < -0.4 is 10.3 Å². The molecule has 0 saturated carbocycles. The molecule has 0 aliphatic heterocycles. The molecule has 0 aliphatic carbocycles. The van der Waals surface area contributed by atoms with Crippen molar-refractivity contribution in [2.45, 2.75) is 19.4 Å². The largest absolute Gasteiger partial charge is 0.465 e. The molecule has 1 aromatic heterocycles. The average Bonchev–Trinajstić information content (AvgIpc) is 2.32. The fourth-order valence-corrected chi connectivity index (χ4v) is 1.30. The van der Waals surface area contributed by atoms with Crippen molar-refractivity contribution in [3.63, 3.8) is 0 Å². The highest BCUT2D eigenvalue weighted by Crippen LogP contribution is 2.16. The zero-order valence-corrected chi connectivity index (χ0v) is 7.84. The van der Waals surface area contributed by atoms with E-state index in [-0.39, 0.29) is 5.89 Å². The van der Waals surface area contributed by atoms with Crippen LogP contribution in [0.4, 0.5) is 4.79 Å². The molecule has 6 nitrogen and oxygen atoms in total. The number of amides is 1. The third-order valence-electron chi connectivity index (χ3n) is 1.34. The molecule has 13 heavy (non-hydrogen) atoms.